The van der Waals surface area contributed by atoms with Crippen LogP contribution < -0.4 is 5.32 Å². The van der Waals surface area contributed by atoms with E-state index >= 15 is 0 Å². The van der Waals surface area contributed by atoms with Crippen LogP contribution in [0.5, 0.6) is 0 Å². The Hall–Kier alpha value is 0.01000. The summed E-state index contributed by atoms with van der Waals surface area (Å²) in [5.74, 6) is 0.640. The van der Waals surface area contributed by atoms with E-state index in [2.05, 4.69) is 5.32 Å². The van der Waals surface area contributed by atoms with Crippen LogP contribution in [-0.2, 0) is 9.53 Å². The van der Waals surface area contributed by atoms with E-state index in [0.717, 1.165) is 19.3 Å². The van der Waals surface area contributed by atoms with E-state index < -0.39 is 5.54 Å². The van der Waals surface area contributed by atoms with Gasteiger partial charge in [0.15, 0.2) is 0 Å². The molecular weight excluding hydrogens is 261 g/mol. The molecule has 2 unspecified atom stereocenters. The van der Waals surface area contributed by atoms with Gasteiger partial charge in [-0.2, -0.15) is 0 Å². The molecule has 1 rings (SSSR count). The Bertz CT molecular complexity index is 249. The van der Waals surface area contributed by atoms with Gasteiger partial charge in [0.2, 0.25) is 5.91 Å². The number of rotatable bonds is 6. The molecule has 0 bridgehead atoms. The molecule has 1 heterocycles. The van der Waals surface area contributed by atoms with Gasteiger partial charge in [-0.05, 0) is 19.3 Å². The second kappa shape index (κ2) is 6.81. The number of alkyl halides is 2. The first-order valence-electron chi connectivity index (χ1n) is 6.18. The number of amides is 1. The minimum Gasteiger partial charge on any atom is -0.377 e. The molecule has 100 valence electrons. The Kier molecular flexibility index (Phi) is 6.04. The van der Waals surface area contributed by atoms with Crippen molar-refractivity contribution in [3.8, 4) is 0 Å². The molecule has 0 aromatic rings. The van der Waals surface area contributed by atoms with Crippen LogP contribution in [0.4, 0.5) is 0 Å². The van der Waals surface area contributed by atoms with Crippen LogP contribution in [0.2, 0.25) is 0 Å². The van der Waals surface area contributed by atoms with Gasteiger partial charge >= 0.3 is 0 Å². The minimum atomic E-state index is -0.485. The molecule has 3 nitrogen and oxygen atoms in total. The number of ether oxygens (including phenoxy) is 1. The molecule has 5 heteroatoms. The fourth-order valence-electron chi connectivity index (χ4n) is 2.08. The monoisotopic (exact) mass is 281 g/mol. The number of hydrogen-bond donors (Lipinski definition) is 1. The highest BCUT2D eigenvalue weighted by molar-refractivity contribution is 6.22. The van der Waals surface area contributed by atoms with E-state index in [0.29, 0.717) is 18.4 Å². The summed E-state index contributed by atoms with van der Waals surface area (Å²) < 4.78 is 5.52. The summed E-state index contributed by atoms with van der Waals surface area (Å²) >= 11 is 11.8. The maximum absolute atomic E-state index is 12.2. The van der Waals surface area contributed by atoms with Crippen LogP contribution in [0.3, 0.4) is 0 Å². The molecule has 0 saturated carbocycles. The molecule has 2 atom stereocenters. The highest BCUT2D eigenvalue weighted by Crippen LogP contribution is 2.25. The van der Waals surface area contributed by atoms with Crippen molar-refractivity contribution in [1.82, 2.24) is 5.32 Å². The van der Waals surface area contributed by atoms with Crippen molar-refractivity contribution in [2.45, 2.75) is 44.8 Å². The standard InChI is InChI=1S/C12H21Cl2NO2/c1-3-10-9(5-6-17-10)11(16)15-12(4-2,7-13)8-14/h9-10H,3-8H2,1-2H3,(H,15,16). The van der Waals surface area contributed by atoms with Gasteiger partial charge < -0.3 is 10.1 Å². The van der Waals surface area contributed by atoms with E-state index in [1.807, 2.05) is 13.8 Å². The molecule has 0 aromatic heterocycles. The topological polar surface area (TPSA) is 38.3 Å². The fourth-order valence-corrected chi connectivity index (χ4v) is 2.88. The first kappa shape index (κ1) is 15.1. The average molecular weight is 282 g/mol. The van der Waals surface area contributed by atoms with Gasteiger partial charge in [0, 0.05) is 18.4 Å². The van der Waals surface area contributed by atoms with Gasteiger partial charge in [0.25, 0.3) is 0 Å². The van der Waals surface area contributed by atoms with E-state index in [1.165, 1.54) is 0 Å². The van der Waals surface area contributed by atoms with Crippen LogP contribution >= 0.6 is 23.2 Å². The van der Waals surface area contributed by atoms with Crippen molar-refractivity contribution in [2.24, 2.45) is 5.92 Å². The van der Waals surface area contributed by atoms with E-state index in [-0.39, 0.29) is 17.9 Å². The lowest BCUT2D eigenvalue weighted by Gasteiger charge is -2.31. The van der Waals surface area contributed by atoms with Crippen molar-refractivity contribution >= 4 is 29.1 Å². The lowest BCUT2D eigenvalue weighted by molar-refractivity contribution is -0.128. The normalized spacial score (nSPS) is 24.9. The van der Waals surface area contributed by atoms with E-state index in [9.17, 15) is 4.79 Å². The molecule has 1 amide bonds. The summed E-state index contributed by atoms with van der Waals surface area (Å²) in [5, 5.41) is 3.00. The molecule has 1 saturated heterocycles. The highest BCUT2D eigenvalue weighted by atomic mass is 35.5. The summed E-state index contributed by atoms with van der Waals surface area (Å²) in [5.41, 5.74) is -0.485. The van der Waals surface area contributed by atoms with Gasteiger partial charge in [0.1, 0.15) is 0 Å². The largest absolute Gasteiger partial charge is 0.377 e. The van der Waals surface area contributed by atoms with Crippen LogP contribution in [0.15, 0.2) is 0 Å². The smallest absolute Gasteiger partial charge is 0.226 e. The third kappa shape index (κ3) is 3.49. The number of hydrogen-bond acceptors (Lipinski definition) is 2. The zero-order chi connectivity index (χ0) is 12.9. The Labute approximate surface area is 113 Å². The van der Waals surface area contributed by atoms with Crippen molar-refractivity contribution < 1.29 is 9.53 Å². The van der Waals surface area contributed by atoms with Crippen molar-refractivity contribution in [3.63, 3.8) is 0 Å². The predicted octanol–water partition coefficient (Wildman–Crippen LogP) is 2.54. The maximum Gasteiger partial charge on any atom is 0.226 e. The van der Waals surface area contributed by atoms with Gasteiger partial charge in [-0.25, -0.2) is 0 Å². The van der Waals surface area contributed by atoms with Crippen LogP contribution in [0.25, 0.3) is 0 Å². The van der Waals surface area contributed by atoms with Crippen LogP contribution in [0.1, 0.15) is 33.1 Å². The highest BCUT2D eigenvalue weighted by Gasteiger charge is 2.37. The number of halogens is 2. The predicted molar refractivity (Wildman–Crippen MR) is 70.7 cm³/mol. The first-order valence-corrected chi connectivity index (χ1v) is 7.25. The zero-order valence-corrected chi connectivity index (χ0v) is 12.0. The third-order valence-electron chi connectivity index (χ3n) is 3.53. The number of nitrogens with one attached hydrogen (secondary N) is 1. The Morgan fingerprint density at radius 3 is 2.53 bits per heavy atom. The molecule has 0 aliphatic carbocycles. The summed E-state index contributed by atoms with van der Waals surface area (Å²) in [6, 6.07) is 0. The van der Waals surface area contributed by atoms with Crippen LogP contribution in [-0.4, -0.2) is 35.9 Å². The summed E-state index contributed by atoms with van der Waals surface area (Å²) in [7, 11) is 0. The minimum absolute atomic E-state index is 0.0255. The summed E-state index contributed by atoms with van der Waals surface area (Å²) in [4.78, 5) is 12.2. The molecule has 1 aliphatic rings. The molecular formula is C12H21Cl2NO2. The molecule has 1 N–H and O–H groups in total. The van der Waals surface area contributed by atoms with Gasteiger partial charge in [0.05, 0.1) is 17.6 Å². The van der Waals surface area contributed by atoms with E-state index in [4.69, 9.17) is 27.9 Å². The van der Waals surface area contributed by atoms with Gasteiger partial charge in [-0.1, -0.05) is 13.8 Å². The summed E-state index contributed by atoms with van der Waals surface area (Å²) in [6.07, 6.45) is 2.42. The SMILES string of the molecule is CCC1OCCC1C(=O)NC(CC)(CCl)CCl. The molecule has 17 heavy (non-hydrogen) atoms. The second-order valence-electron chi connectivity index (χ2n) is 4.60. The number of carbonyl (C=O) groups is 1. The van der Waals surface area contributed by atoms with Gasteiger partial charge in [-0.15, -0.1) is 23.2 Å². The van der Waals surface area contributed by atoms with E-state index in [1.54, 1.807) is 0 Å². The molecule has 0 radical (unpaired) electrons. The zero-order valence-electron chi connectivity index (χ0n) is 10.5. The fraction of sp³-hybridized carbons (Fsp3) is 0.917. The molecule has 0 aromatic carbocycles. The second-order valence-corrected chi connectivity index (χ2v) is 5.14. The average Bonchev–Trinajstić information content (AvgIpc) is 2.84. The Morgan fingerprint density at radius 1 is 1.41 bits per heavy atom. The third-order valence-corrected chi connectivity index (χ3v) is 4.55. The number of carbonyl (C=O) groups excluding carboxylic acids is 1. The lowest BCUT2D eigenvalue weighted by Crippen LogP contribution is -2.54. The summed E-state index contributed by atoms with van der Waals surface area (Å²) in [6.45, 7) is 4.68. The van der Waals surface area contributed by atoms with Crippen LogP contribution in [0, 0.1) is 5.92 Å². The molecule has 0 spiro atoms. The van der Waals surface area contributed by atoms with Crippen molar-refractivity contribution in [2.75, 3.05) is 18.4 Å². The molecule has 1 fully saturated rings. The lowest BCUT2D eigenvalue weighted by atomic mass is 9.95. The first-order chi connectivity index (χ1) is 8.12. The Balaban J connectivity index is 2.64. The van der Waals surface area contributed by atoms with Crippen molar-refractivity contribution in [1.29, 1.82) is 0 Å². The molecule has 1 aliphatic heterocycles. The maximum atomic E-state index is 12.2. The van der Waals surface area contributed by atoms with Gasteiger partial charge in [-0.3, -0.25) is 4.79 Å². The van der Waals surface area contributed by atoms with Crippen molar-refractivity contribution in [3.05, 3.63) is 0 Å². The quantitative estimate of drug-likeness (QED) is 0.760. The Morgan fingerprint density at radius 2 is 2.06 bits per heavy atom.